The molecule has 9 N–H and O–H groups in total. The van der Waals surface area contributed by atoms with Crippen molar-refractivity contribution in [2.75, 3.05) is 11.9 Å². The van der Waals surface area contributed by atoms with Gasteiger partial charge in [-0.15, -0.1) is 0 Å². The number of aliphatic hydroxyl groups is 3. The van der Waals surface area contributed by atoms with E-state index in [1.165, 1.54) is 13.8 Å². The zero-order chi connectivity index (χ0) is 20.6. The first-order chi connectivity index (χ1) is 12.5. The second-order valence-electron chi connectivity index (χ2n) is 7.25. The van der Waals surface area contributed by atoms with E-state index in [4.69, 9.17) is 11.5 Å². The van der Waals surface area contributed by atoms with E-state index in [0.29, 0.717) is 11.3 Å². The molecule has 150 valence electrons. The van der Waals surface area contributed by atoms with Crippen LogP contribution in [0, 0.1) is 0 Å². The number of rotatable bonds is 6. The molecule has 1 saturated carbocycles. The van der Waals surface area contributed by atoms with E-state index in [9.17, 15) is 24.9 Å². The third-order valence-corrected chi connectivity index (χ3v) is 5.89. The number of nitrogens with one attached hydrogen (secondary N) is 2. The fraction of sp³-hybridized carbons (Fsp3) is 0.556. The molecule has 1 aromatic rings. The molecule has 0 aliphatic heterocycles. The smallest absolute Gasteiger partial charge is 0.312 e. The van der Waals surface area contributed by atoms with Gasteiger partial charge in [0.1, 0.15) is 11.2 Å². The lowest BCUT2D eigenvalue weighted by atomic mass is 9.74. The van der Waals surface area contributed by atoms with E-state index in [0.717, 1.165) is 0 Å². The Hall–Kier alpha value is -2.20. The summed E-state index contributed by atoms with van der Waals surface area (Å²) < 4.78 is 0. The van der Waals surface area contributed by atoms with Crippen LogP contribution in [0.15, 0.2) is 24.3 Å². The molecule has 0 spiro atoms. The molecule has 1 aromatic carbocycles. The van der Waals surface area contributed by atoms with Gasteiger partial charge in [-0.3, -0.25) is 4.79 Å². The number of hydrogen-bond acceptors (Lipinski definition) is 7. The van der Waals surface area contributed by atoms with Gasteiger partial charge in [-0.25, -0.2) is 4.79 Å². The number of Topliss-reactive ketones (excluding diaryl/α,β-unsaturated/α-hetero) is 1. The van der Waals surface area contributed by atoms with Crippen LogP contribution in [0.25, 0.3) is 0 Å². The molecule has 1 aliphatic carbocycles. The topological polar surface area (TPSA) is 171 Å². The number of benzene rings is 1. The number of ketones is 1. The van der Waals surface area contributed by atoms with Crippen molar-refractivity contribution in [3.05, 3.63) is 29.8 Å². The van der Waals surface area contributed by atoms with E-state index in [1.807, 2.05) is 0 Å². The molecule has 0 radical (unpaired) electrons. The highest BCUT2D eigenvalue weighted by Gasteiger charge is 2.73. The van der Waals surface area contributed by atoms with E-state index in [1.54, 1.807) is 31.2 Å². The van der Waals surface area contributed by atoms with Gasteiger partial charge in [0.2, 0.25) is 0 Å². The molecular weight excluding hydrogens is 352 g/mol. The number of carbonyl (C=O) groups is 2. The van der Waals surface area contributed by atoms with Gasteiger partial charge in [-0.2, -0.15) is 0 Å². The highest BCUT2D eigenvalue weighted by Crippen LogP contribution is 2.48. The Labute approximate surface area is 157 Å². The maximum atomic E-state index is 11.6. The molecule has 0 aromatic heterocycles. The lowest BCUT2D eigenvalue weighted by Gasteiger charge is -2.46. The number of urea groups is 1. The minimum Gasteiger partial charge on any atom is -0.393 e. The quantitative estimate of drug-likeness (QED) is 0.320. The summed E-state index contributed by atoms with van der Waals surface area (Å²) in [4.78, 5) is 23.2. The normalized spacial score (nSPS) is 35.7. The summed E-state index contributed by atoms with van der Waals surface area (Å²) >= 11 is 0. The number of hydrogen-bond donors (Lipinski definition) is 7. The van der Waals surface area contributed by atoms with Gasteiger partial charge in [0.15, 0.2) is 5.78 Å². The Morgan fingerprint density at radius 1 is 1.30 bits per heavy atom. The van der Waals surface area contributed by atoms with Crippen molar-refractivity contribution in [3.63, 3.8) is 0 Å². The highest BCUT2D eigenvalue weighted by atomic mass is 16.4. The number of carbonyl (C=O) groups excluding carboxylic acids is 2. The first-order valence-corrected chi connectivity index (χ1v) is 8.73. The van der Waals surface area contributed by atoms with E-state index in [2.05, 4.69) is 10.6 Å². The Bertz CT molecular complexity index is 740. The SMILES string of the molecule is CC[C@]1(NC(N)=O)[C@@H](N)[C@H](Nc2cccc(C(C)=O)c2)[C@](O)(CO)[C@]1(C)O. The van der Waals surface area contributed by atoms with Crippen LogP contribution in [-0.2, 0) is 0 Å². The molecule has 0 saturated heterocycles. The van der Waals surface area contributed by atoms with Crippen LogP contribution < -0.4 is 22.1 Å². The Kier molecular flexibility index (Phi) is 5.53. The van der Waals surface area contributed by atoms with E-state index >= 15 is 0 Å². The predicted molar refractivity (Wildman–Crippen MR) is 100 cm³/mol. The van der Waals surface area contributed by atoms with Crippen molar-refractivity contribution in [1.29, 1.82) is 0 Å². The molecule has 27 heavy (non-hydrogen) atoms. The summed E-state index contributed by atoms with van der Waals surface area (Å²) in [6.07, 6.45) is 0.151. The van der Waals surface area contributed by atoms with Gasteiger partial charge < -0.3 is 37.4 Å². The molecule has 2 amide bonds. The zero-order valence-electron chi connectivity index (χ0n) is 15.7. The van der Waals surface area contributed by atoms with Gasteiger partial charge in [0.05, 0.1) is 24.2 Å². The number of amides is 2. The lowest BCUT2D eigenvalue weighted by molar-refractivity contribution is -0.171. The minimum absolute atomic E-state index is 0.142. The summed E-state index contributed by atoms with van der Waals surface area (Å²) in [5.41, 5.74) is 6.95. The third-order valence-electron chi connectivity index (χ3n) is 5.89. The first kappa shape index (κ1) is 21.1. The van der Waals surface area contributed by atoms with Crippen LogP contribution in [-0.4, -0.2) is 62.6 Å². The molecule has 2 rings (SSSR count). The van der Waals surface area contributed by atoms with Crippen LogP contribution in [0.1, 0.15) is 37.6 Å². The Morgan fingerprint density at radius 2 is 1.93 bits per heavy atom. The van der Waals surface area contributed by atoms with Crippen molar-refractivity contribution in [2.24, 2.45) is 11.5 Å². The largest absolute Gasteiger partial charge is 0.393 e. The van der Waals surface area contributed by atoms with Crippen LogP contribution in [0.5, 0.6) is 0 Å². The Balaban J connectivity index is 2.53. The molecule has 0 bridgehead atoms. The molecule has 1 aliphatic rings. The van der Waals surface area contributed by atoms with Gasteiger partial charge >= 0.3 is 6.03 Å². The summed E-state index contributed by atoms with van der Waals surface area (Å²) in [7, 11) is 0. The lowest BCUT2D eigenvalue weighted by Crippen LogP contribution is -2.71. The van der Waals surface area contributed by atoms with Gasteiger partial charge in [-0.1, -0.05) is 19.1 Å². The second kappa shape index (κ2) is 7.08. The number of anilines is 1. The standard InChI is InChI=1S/C18H28N4O5/c1-4-17(22-15(20)25)13(19)14(18(27,9-23)16(17,3)26)21-12-7-5-6-11(8-12)10(2)24/h5-8,13-14,21,23,26-27H,4,9,19H2,1-3H3,(H3,20,22,25)/t13-,14-,16+,17-,18+/m0/s1. The van der Waals surface area contributed by atoms with Gasteiger partial charge in [-0.05, 0) is 32.4 Å². The van der Waals surface area contributed by atoms with Crippen molar-refractivity contribution in [3.8, 4) is 0 Å². The number of nitrogens with two attached hydrogens (primary N) is 2. The van der Waals surface area contributed by atoms with E-state index < -0.39 is 41.5 Å². The monoisotopic (exact) mass is 380 g/mol. The Morgan fingerprint density at radius 3 is 2.41 bits per heavy atom. The van der Waals surface area contributed by atoms with Crippen molar-refractivity contribution < 1.29 is 24.9 Å². The fourth-order valence-corrected chi connectivity index (χ4v) is 4.16. The summed E-state index contributed by atoms with van der Waals surface area (Å²) in [6, 6.07) is 3.57. The zero-order valence-corrected chi connectivity index (χ0v) is 15.7. The van der Waals surface area contributed by atoms with Crippen molar-refractivity contribution >= 4 is 17.5 Å². The fourth-order valence-electron chi connectivity index (χ4n) is 4.16. The third kappa shape index (κ3) is 3.06. The first-order valence-electron chi connectivity index (χ1n) is 8.73. The minimum atomic E-state index is -2.10. The average Bonchev–Trinajstić information content (AvgIpc) is 2.72. The van der Waals surface area contributed by atoms with Crippen LogP contribution in [0.4, 0.5) is 10.5 Å². The van der Waals surface area contributed by atoms with Crippen LogP contribution in [0.2, 0.25) is 0 Å². The van der Waals surface area contributed by atoms with Crippen LogP contribution in [0.3, 0.4) is 0 Å². The molecule has 9 nitrogen and oxygen atoms in total. The van der Waals surface area contributed by atoms with Crippen molar-refractivity contribution in [1.82, 2.24) is 5.32 Å². The number of aliphatic hydroxyl groups excluding tert-OH is 1. The highest BCUT2D eigenvalue weighted by molar-refractivity contribution is 5.94. The van der Waals surface area contributed by atoms with E-state index in [-0.39, 0.29) is 12.2 Å². The molecule has 0 heterocycles. The molecule has 1 fully saturated rings. The number of primary amides is 1. The van der Waals surface area contributed by atoms with Crippen molar-refractivity contribution in [2.45, 2.75) is 56.0 Å². The molecule has 9 heteroatoms. The van der Waals surface area contributed by atoms with Crippen LogP contribution >= 0.6 is 0 Å². The van der Waals surface area contributed by atoms with Gasteiger partial charge in [0.25, 0.3) is 0 Å². The summed E-state index contributed by atoms with van der Waals surface area (Å²) in [5.74, 6) is -0.142. The average molecular weight is 380 g/mol. The molecular formula is C18H28N4O5. The molecule has 0 unspecified atom stereocenters. The summed E-state index contributed by atoms with van der Waals surface area (Å²) in [5, 5.41) is 37.8. The predicted octanol–water partition coefficient (Wildman–Crippen LogP) is -0.698. The maximum absolute atomic E-state index is 11.6. The molecule has 5 atom stereocenters. The maximum Gasteiger partial charge on any atom is 0.312 e. The van der Waals surface area contributed by atoms with Gasteiger partial charge in [0, 0.05) is 11.3 Å². The second-order valence-corrected chi connectivity index (χ2v) is 7.25. The summed E-state index contributed by atoms with van der Waals surface area (Å²) in [6.45, 7) is 3.59.